The number of carbonyl (C=O) groups is 2. The number of nitrogens with one attached hydrogen (secondary N) is 2. The lowest BCUT2D eigenvalue weighted by atomic mass is 10.1. The third kappa shape index (κ3) is 7.11. The number of anilines is 1. The number of benzene rings is 2. The van der Waals surface area contributed by atoms with E-state index in [-0.39, 0.29) is 24.4 Å². The Hall–Kier alpha value is -2.25. The fourth-order valence-corrected chi connectivity index (χ4v) is 2.81. The fraction of sp³-hybridized carbons (Fsp3) is 0.300. The highest BCUT2D eigenvalue weighted by Crippen LogP contribution is 2.17. The van der Waals surface area contributed by atoms with Crippen molar-refractivity contribution >= 4 is 33.4 Å². The van der Waals surface area contributed by atoms with Crippen molar-refractivity contribution in [3.63, 3.8) is 0 Å². The van der Waals surface area contributed by atoms with Crippen LogP contribution in [0.5, 0.6) is 0 Å². The second kappa shape index (κ2) is 10.2. The third-order valence-corrected chi connectivity index (χ3v) is 4.59. The molecule has 0 aliphatic carbocycles. The summed E-state index contributed by atoms with van der Waals surface area (Å²) in [5, 5.41) is 5.42. The van der Waals surface area contributed by atoms with E-state index >= 15 is 0 Å². The number of halogens is 2. The number of hydrogen-bond donors (Lipinski definition) is 2. The number of carbonyl (C=O) groups excluding carboxylic acids is 2. The lowest BCUT2D eigenvalue weighted by Gasteiger charge is -2.10. The molecule has 0 spiro atoms. The Bertz CT molecular complexity index is 794. The van der Waals surface area contributed by atoms with Crippen LogP contribution in [-0.4, -0.2) is 43.9 Å². The van der Waals surface area contributed by atoms with E-state index in [1.54, 1.807) is 0 Å². The molecule has 2 aromatic rings. The quantitative estimate of drug-likeness (QED) is 0.667. The lowest BCUT2D eigenvalue weighted by molar-refractivity contribution is -0.116. The maximum Gasteiger partial charge on any atom is 0.252 e. The number of likely N-dealkylation sites (N-methyl/N-ethyl adjacent to an activating group) is 1. The molecule has 0 atom stereocenters. The maximum absolute atomic E-state index is 13.2. The summed E-state index contributed by atoms with van der Waals surface area (Å²) in [5.74, 6) is -1.12. The molecule has 0 bridgehead atoms. The van der Waals surface area contributed by atoms with Crippen molar-refractivity contribution in [3.05, 3.63) is 63.9 Å². The minimum Gasteiger partial charge on any atom is -0.351 e. The molecule has 0 aliphatic heterocycles. The predicted octanol–water partition coefficient (Wildman–Crippen LogP) is 3.45. The Morgan fingerprint density at radius 2 is 1.81 bits per heavy atom. The van der Waals surface area contributed by atoms with Crippen molar-refractivity contribution in [2.24, 2.45) is 0 Å². The van der Waals surface area contributed by atoms with Gasteiger partial charge in [-0.25, -0.2) is 4.39 Å². The third-order valence-electron chi connectivity index (χ3n) is 3.90. The smallest absolute Gasteiger partial charge is 0.252 e. The van der Waals surface area contributed by atoms with Crippen molar-refractivity contribution in [2.45, 2.75) is 12.8 Å². The molecule has 2 amide bonds. The Morgan fingerprint density at radius 1 is 1.11 bits per heavy atom. The van der Waals surface area contributed by atoms with E-state index in [1.807, 2.05) is 38.4 Å². The molecular weight excluding hydrogens is 413 g/mol. The van der Waals surface area contributed by atoms with Crippen LogP contribution in [-0.2, 0) is 11.2 Å². The lowest BCUT2D eigenvalue weighted by Crippen LogP contribution is -2.28. The molecule has 0 heterocycles. The fourth-order valence-electron chi connectivity index (χ4n) is 2.39. The van der Waals surface area contributed by atoms with Crippen molar-refractivity contribution in [2.75, 3.05) is 32.5 Å². The van der Waals surface area contributed by atoms with Crippen LogP contribution in [0.2, 0.25) is 0 Å². The van der Waals surface area contributed by atoms with Crippen molar-refractivity contribution in [3.8, 4) is 0 Å². The van der Waals surface area contributed by atoms with Gasteiger partial charge in [0.25, 0.3) is 5.91 Å². The van der Waals surface area contributed by atoms with E-state index < -0.39 is 11.7 Å². The molecule has 2 rings (SSSR count). The summed E-state index contributed by atoms with van der Waals surface area (Å²) in [5.41, 5.74) is 2.12. The number of amides is 2. The Morgan fingerprint density at radius 3 is 2.48 bits per heavy atom. The average Bonchev–Trinajstić information content (AvgIpc) is 2.63. The van der Waals surface area contributed by atoms with Gasteiger partial charge in [-0.1, -0.05) is 12.1 Å². The van der Waals surface area contributed by atoms with Crippen molar-refractivity contribution in [1.82, 2.24) is 10.2 Å². The SMILES string of the molecule is CN(C)CCc1ccc(NC(=O)CCNC(=O)c2cc(F)ccc2Br)cc1. The number of nitrogens with zero attached hydrogens (tertiary/aromatic N) is 1. The Labute approximate surface area is 167 Å². The maximum atomic E-state index is 13.2. The zero-order valence-corrected chi connectivity index (χ0v) is 17.0. The average molecular weight is 436 g/mol. The first-order chi connectivity index (χ1) is 12.8. The highest BCUT2D eigenvalue weighted by atomic mass is 79.9. The van der Waals surface area contributed by atoms with E-state index in [0.717, 1.165) is 19.0 Å². The zero-order valence-electron chi connectivity index (χ0n) is 15.4. The second-order valence-electron chi connectivity index (χ2n) is 6.43. The molecule has 0 saturated heterocycles. The summed E-state index contributed by atoms with van der Waals surface area (Å²) < 4.78 is 13.7. The molecule has 5 nitrogen and oxygen atoms in total. The first kappa shape index (κ1) is 21.1. The minimum atomic E-state index is -0.491. The normalized spacial score (nSPS) is 10.7. The second-order valence-corrected chi connectivity index (χ2v) is 7.28. The summed E-state index contributed by atoms with van der Waals surface area (Å²) in [7, 11) is 4.06. The van der Waals surface area contributed by atoms with Gasteiger partial charge < -0.3 is 15.5 Å². The Kier molecular flexibility index (Phi) is 7.94. The van der Waals surface area contributed by atoms with Gasteiger partial charge in [0.2, 0.25) is 5.91 Å². The number of hydrogen-bond acceptors (Lipinski definition) is 3. The summed E-state index contributed by atoms with van der Waals surface area (Å²) in [4.78, 5) is 26.2. The van der Waals surface area contributed by atoms with Gasteiger partial charge in [-0.15, -0.1) is 0 Å². The van der Waals surface area contributed by atoms with Gasteiger partial charge >= 0.3 is 0 Å². The molecule has 0 saturated carbocycles. The molecule has 7 heteroatoms. The molecule has 0 fully saturated rings. The first-order valence-electron chi connectivity index (χ1n) is 8.62. The highest BCUT2D eigenvalue weighted by molar-refractivity contribution is 9.10. The van der Waals surface area contributed by atoms with E-state index in [9.17, 15) is 14.0 Å². The van der Waals surface area contributed by atoms with Gasteiger partial charge in [0.1, 0.15) is 5.82 Å². The molecule has 0 aromatic heterocycles. The minimum absolute atomic E-state index is 0.126. The van der Waals surface area contributed by atoms with Gasteiger partial charge in [-0.3, -0.25) is 9.59 Å². The number of rotatable bonds is 8. The van der Waals surface area contributed by atoms with Crippen LogP contribution < -0.4 is 10.6 Å². The summed E-state index contributed by atoms with van der Waals surface area (Å²) >= 11 is 3.21. The van der Waals surface area contributed by atoms with E-state index in [1.165, 1.54) is 17.7 Å². The topological polar surface area (TPSA) is 61.4 Å². The van der Waals surface area contributed by atoms with Crippen LogP contribution >= 0.6 is 15.9 Å². The molecular formula is C20H23BrFN3O2. The first-order valence-corrected chi connectivity index (χ1v) is 9.41. The molecule has 2 aromatic carbocycles. The zero-order chi connectivity index (χ0) is 19.8. The molecule has 2 N–H and O–H groups in total. The largest absolute Gasteiger partial charge is 0.351 e. The van der Waals surface area contributed by atoms with E-state index in [4.69, 9.17) is 0 Å². The molecule has 0 unspecified atom stereocenters. The van der Waals surface area contributed by atoms with Crippen LogP contribution in [0, 0.1) is 5.82 Å². The summed E-state index contributed by atoms with van der Waals surface area (Å²) in [6.45, 7) is 1.13. The van der Waals surface area contributed by atoms with Gasteiger partial charge in [0, 0.05) is 29.7 Å². The van der Waals surface area contributed by atoms with E-state index in [0.29, 0.717) is 10.2 Å². The predicted molar refractivity (Wildman–Crippen MR) is 108 cm³/mol. The summed E-state index contributed by atoms with van der Waals surface area (Å²) in [6.07, 6.45) is 1.07. The van der Waals surface area contributed by atoms with Crippen LogP contribution in [0.1, 0.15) is 22.3 Å². The summed E-state index contributed by atoms with van der Waals surface area (Å²) in [6, 6.07) is 11.6. The van der Waals surface area contributed by atoms with Crippen LogP contribution in [0.3, 0.4) is 0 Å². The van der Waals surface area contributed by atoms with Gasteiger partial charge in [0.05, 0.1) is 5.56 Å². The highest BCUT2D eigenvalue weighted by Gasteiger charge is 2.11. The standard InChI is InChI=1S/C20H23BrFN3O2/c1-25(2)12-10-14-3-6-16(7-4-14)24-19(26)9-11-23-20(27)17-13-15(22)5-8-18(17)21/h3-8,13H,9-12H2,1-2H3,(H,23,27)(H,24,26). The van der Waals surface area contributed by atoms with Crippen LogP contribution in [0.15, 0.2) is 46.9 Å². The molecule has 27 heavy (non-hydrogen) atoms. The molecule has 0 aliphatic rings. The van der Waals surface area contributed by atoms with Crippen LogP contribution in [0.25, 0.3) is 0 Å². The molecule has 0 radical (unpaired) electrons. The monoisotopic (exact) mass is 435 g/mol. The van der Waals surface area contributed by atoms with E-state index in [2.05, 4.69) is 31.5 Å². The Balaban J connectivity index is 1.77. The van der Waals surface area contributed by atoms with Crippen molar-refractivity contribution < 1.29 is 14.0 Å². The van der Waals surface area contributed by atoms with Gasteiger partial charge in [-0.2, -0.15) is 0 Å². The molecule has 144 valence electrons. The van der Waals surface area contributed by atoms with Crippen LogP contribution in [0.4, 0.5) is 10.1 Å². The van der Waals surface area contributed by atoms with Gasteiger partial charge in [-0.05, 0) is 72.3 Å². The van der Waals surface area contributed by atoms with Crippen molar-refractivity contribution in [1.29, 1.82) is 0 Å². The van der Waals surface area contributed by atoms with Gasteiger partial charge in [0.15, 0.2) is 0 Å².